The predicted molar refractivity (Wildman–Crippen MR) is 81.0 cm³/mol. The minimum Gasteiger partial charge on any atom is -0.312 e. The van der Waals surface area contributed by atoms with Crippen molar-refractivity contribution < 1.29 is 0 Å². The van der Waals surface area contributed by atoms with Crippen LogP contribution in [-0.2, 0) is 0 Å². The smallest absolute Gasteiger partial charge is 0.0205 e. The summed E-state index contributed by atoms with van der Waals surface area (Å²) >= 11 is 0. The third kappa shape index (κ3) is 3.46. The Morgan fingerprint density at radius 3 is 2.74 bits per heavy atom. The topological polar surface area (TPSA) is 15.3 Å². The Hall–Kier alpha value is -1.12. The van der Waals surface area contributed by atoms with Crippen LogP contribution in [0.15, 0.2) is 36.9 Å². The van der Waals surface area contributed by atoms with E-state index in [0.717, 1.165) is 25.0 Å². The maximum atomic E-state index is 4.17. The highest BCUT2D eigenvalue weighted by molar-refractivity contribution is 5.64. The van der Waals surface area contributed by atoms with E-state index in [4.69, 9.17) is 0 Å². The van der Waals surface area contributed by atoms with Crippen LogP contribution < -0.4 is 5.32 Å². The Labute approximate surface area is 116 Å². The Bertz CT molecular complexity index is 422. The predicted octanol–water partition coefficient (Wildman–Crippen LogP) is 2.77. The van der Waals surface area contributed by atoms with Gasteiger partial charge in [0.05, 0.1) is 0 Å². The summed E-state index contributed by atoms with van der Waals surface area (Å²) in [6.45, 7) is 8.83. The lowest BCUT2D eigenvalue weighted by atomic mass is 10.1. The minimum absolute atomic E-state index is 0.837. The van der Waals surface area contributed by atoms with Crippen molar-refractivity contribution in [1.29, 1.82) is 0 Å². The molecular formula is C17H24N2. The molecule has 1 N–H and O–H groups in total. The van der Waals surface area contributed by atoms with Crippen molar-refractivity contribution in [2.24, 2.45) is 5.92 Å². The van der Waals surface area contributed by atoms with E-state index in [1.165, 1.54) is 43.5 Å². The molecule has 1 aliphatic carbocycles. The molecule has 0 radical (unpaired) electrons. The van der Waals surface area contributed by atoms with Gasteiger partial charge in [-0.05, 0) is 49.4 Å². The quantitative estimate of drug-likeness (QED) is 0.842. The third-order valence-electron chi connectivity index (χ3n) is 4.33. The van der Waals surface area contributed by atoms with Gasteiger partial charge in [0.25, 0.3) is 0 Å². The number of likely N-dealkylation sites (tertiary alicyclic amines) is 1. The molecule has 2 aliphatic rings. The Morgan fingerprint density at radius 1 is 1.21 bits per heavy atom. The van der Waals surface area contributed by atoms with Gasteiger partial charge in [0, 0.05) is 19.1 Å². The van der Waals surface area contributed by atoms with Gasteiger partial charge in [0.1, 0.15) is 0 Å². The van der Waals surface area contributed by atoms with Crippen LogP contribution in [0.4, 0.5) is 0 Å². The van der Waals surface area contributed by atoms with Gasteiger partial charge in [-0.2, -0.15) is 0 Å². The van der Waals surface area contributed by atoms with Gasteiger partial charge >= 0.3 is 0 Å². The molecular weight excluding hydrogens is 232 g/mol. The number of nitrogens with one attached hydrogen (secondary N) is 1. The zero-order valence-corrected chi connectivity index (χ0v) is 11.6. The summed E-state index contributed by atoms with van der Waals surface area (Å²) in [5.74, 6) is 0.837. The molecule has 1 aliphatic heterocycles. The first-order valence-electron chi connectivity index (χ1n) is 7.51. The Kier molecular flexibility index (Phi) is 4.00. The van der Waals surface area contributed by atoms with Crippen molar-refractivity contribution in [1.82, 2.24) is 10.2 Å². The van der Waals surface area contributed by atoms with Crippen molar-refractivity contribution in [3.8, 4) is 0 Å². The number of nitrogens with zero attached hydrogens (tertiary/aromatic N) is 1. The molecule has 1 heterocycles. The molecule has 0 amide bonds. The molecule has 0 aromatic heterocycles. The standard InChI is InChI=1S/C17H24N2/c1-14(16-5-3-2-4-6-16)11-18-12-15-9-10-19(13-15)17-7-8-17/h2-6,15,17-18H,1,7-13H2. The van der Waals surface area contributed by atoms with Gasteiger partial charge in [-0.1, -0.05) is 36.9 Å². The summed E-state index contributed by atoms with van der Waals surface area (Å²) in [4.78, 5) is 2.68. The first kappa shape index (κ1) is 12.9. The van der Waals surface area contributed by atoms with E-state index in [1.54, 1.807) is 0 Å². The van der Waals surface area contributed by atoms with Crippen LogP contribution in [0.2, 0.25) is 0 Å². The normalized spacial score (nSPS) is 23.7. The summed E-state index contributed by atoms with van der Waals surface area (Å²) in [7, 11) is 0. The van der Waals surface area contributed by atoms with Crippen LogP contribution in [0.5, 0.6) is 0 Å². The van der Waals surface area contributed by atoms with E-state index in [-0.39, 0.29) is 0 Å². The van der Waals surface area contributed by atoms with Crippen LogP contribution in [0.25, 0.3) is 5.57 Å². The lowest BCUT2D eigenvalue weighted by Crippen LogP contribution is -2.28. The van der Waals surface area contributed by atoms with Crippen LogP contribution in [-0.4, -0.2) is 37.1 Å². The maximum Gasteiger partial charge on any atom is 0.0205 e. The van der Waals surface area contributed by atoms with Gasteiger partial charge in [-0.3, -0.25) is 0 Å². The van der Waals surface area contributed by atoms with Crippen LogP contribution >= 0.6 is 0 Å². The Morgan fingerprint density at radius 2 is 2.00 bits per heavy atom. The second-order valence-corrected chi connectivity index (χ2v) is 5.98. The first-order valence-corrected chi connectivity index (χ1v) is 7.51. The van der Waals surface area contributed by atoms with Crippen molar-refractivity contribution in [2.75, 3.05) is 26.2 Å². The van der Waals surface area contributed by atoms with E-state index >= 15 is 0 Å². The summed E-state index contributed by atoms with van der Waals surface area (Å²) in [5.41, 5.74) is 2.44. The highest BCUT2D eigenvalue weighted by atomic mass is 15.2. The van der Waals surface area contributed by atoms with Crippen LogP contribution in [0.3, 0.4) is 0 Å². The zero-order chi connectivity index (χ0) is 13.1. The largest absolute Gasteiger partial charge is 0.312 e. The Balaban J connectivity index is 1.38. The van der Waals surface area contributed by atoms with Crippen molar-refractivity contribution in [3.63, 3.8) is 0 Å². The molecule has 102 valence electrons. The number of hydrogen-bond donors (Lipinski definition) is 1. The monoisotopic (exact) mass is 256 g/mol. The highest BCUT2D eigenvalue weighted by Crippen LogP contribution is 2.31. The van der Waals surface area contributed by atoms with E-state index < -0.39 is 0 Å². The molecule has 2 fully saturated rings. The zero-order valence-electron chi connectivity index (χ0n) is 11.6. The molecule has 19 heavy (non-hydrogen) atoms. The van der Waals surface area contributed by atoms with Gasteiger partial charge < -0.3 is 10.2 Å². The third-order valence-corrected chi connectivity index (χ3v) is 4.33. The SMILES string of the molecule is C=C(CNCC1CCN(C2CC2)C1)c1ccccc1. The lowest BCUT2D eigenvalue weighted by Gasteiger charge is -2.15. The first-order chi connectivity index (χ1) is 9.33. The van der Waals surface area contributed by atoms with Crippen LogP contribution in [0, 0.1) is 5.92 Å². The molecule has 1 aromatic carbocycles. The lowest BCUT2D eigenvalue weighted by molar-refractivity contribution is 0.312. The molecule has 1 unspecified atom stereocenters. The van der Waals surface area contributed by atoms with E-state index in [2.05, 4.69) is 47.1 Å². The van der Waals surface area contributed by atoms with E-state index in [1.807, 2.05) is 0 Å². The molecule has 1 saturated carbocycles. The summed E-state index contributed by atoms with van der Waals surface area (Å²) in [6.07, 6.45) is 4.23. The average molecular weight is 256 g/mol. The van der Waals surface area contributed by atoms with Gasteiger partial charge in [0.15, 0.2) is 0 Å². The molecule has 2 nitrogen and oxygen atoms in total. The number of benzene rings is 1. The van der Waals surface area contributed by atoms with Gasteiger partial charge in [-0.15, -0.1) is 0 Å². The van der Waals surface area contributed by atoms with E-state index in [9.17, 15) is 0 Å². The fraction of sp³-hybridized carbons (Fsp3) is 0.529. The highest BCUT2D eigenvalue weighted by Gasteiger charge is 2.33. The maximum absolute atomic E-state index is 4.17. The minimum atomic E-state index is 0.837. The van der Waals surface area contributed by atoms with Gasteiger partial charge in [0.2, 0.25) is 0 Å². The molecule has 1 atom stereocenters. The fourth-order valence-corrected chi connectivity index (χ4v) is 3.00. The average Bonchev–Trinajstić information content (AvgIpc) is 3.20. The fourth-order valence-electron chi connectivity index (χ4n) is 3.00. The summed E-state index contributed by atoms with van der Waals surface area (Å²) in [5, 5.41) is 3.58. The molecule has 0 spiro atoms. The van der Waals surface area contributed by atoms with Crippen molar-refractivity contribution >= 4 is 5.57 Å². The molecule has 2 heteroatoms. The van der Waals surface area contributed by atoms with Crippen molar-refractivity contribution in [3.05, 3.63) is 42.5 Å². The van der Waals surface area contributed by atoms with Gasteiger partial charge in [-0.25, -0.2) is 0 Å². The summed E-state index contributed by atoms with van der Waals surface area (Å²) < 4.78 is 0. The molecule has 1 saturated heterocycles. The van der Waals surface area contributed by atoms with Crippen LogP contribution in [0.1, 0.15) is 24.8 Å². The molecule has 3 rings (SSSR count). The number of rotatable bonds is 6. The second kappa shape index (κ2) is 5.89. The molecule has 1 aromatic rings. The summed E-state index contributed by atoms with van der Waals surface area (Å²) in [6, 6.07) is 11.4. The molecule has 0 bridgehead atoms. The van der Waals surface area contributed by atoms with E-state index in [0.29, 0.717) is 0 Å². The number of hydrogen-bond acceptors (Lipinski definition) is 2. The second-order valence-electron chi connectivity index (χ2n) is 5.98. The van der Waals surface area contributed by atoms with Crippen molar-refractivity contribution in [2.45, 2.75) is 25.3 Å².